The highest BCUT2D eigenvalue weighted by Gasteiger charge is 2.39. The molecule has 1 heterocycles. The lowest BCUT2D eigenvalue weighted by atomic mass is 9.83. The van der Waals surface area contributed by atoms with Gasteiger partial charge in [0.05, 0.1) is 0 Å². The van der Waals surface area contributed by atoms with Crippen molar-refractivity contribution in [1.82, 2.24) is 4.90 Å². The predicted octanol–water partition coefficient (Wildman–Crippen LogP) is 0.957. The van der Waals surface area contributed by atoms with Crippen molar-refractivity contribution in [3.8, 4) is 0 Å². The van der Waals surface area contributed by atoms with E-state index in [1.807, 2.05) is 0 Å². The number of nitrogens with zero attached hydrogens (tertiary/aromatic N) is 1. The Bertz CT molecular complexity index is 146. The Balaban J connectivity index is 1.99. The van der Waals surface area contributed by atoms with E-state index < -0.39 is 0 Å². The molecule has 0 aromatic heterocycles. The summed E-state index contributed by atoms with van der Waals surface area (Å²) < 4.78 is 0. The van der Waals surface area contributed by atoms with Crippen molar-refractivity contribution < 1.29 is 5.11 Å². The maximum atomic E-state index is 8.93. The Hall–Kier alpha value is -0.0800. The monoisotopic (exact) mass is 169 g/mol. The normalized spacial score (nSPS) is 42.0. The zero-order valence-corrected chi connectivity index (χ0v) is 7.87. The third kappa shape index (κ3) is 1.38. The van der Waals surface area contributed by atoms with Crippen LogP contribution in [0.2, 0.25) is 0 Å². The van der Waals surface area contributed by atoms with E-state index in [4.69, 9.17) is 5.11 Å². The minimum absolute atomic E-state index is 0.390. The first-order valence-electron chi connectivity index (χ1n) is 5.10. The summed E-state index contributed by atoms with van der Waals surface area (Å²) in [5, 5.41) is 8.93. The molecule has 0 radical (unpaired) electrons. The molecule has 0 aromatic rings. The molecule has 1 N–H and O–H groups in total. The summed E-state index contributed by atoms with van der Waals surface area (Å²) in [6.07, 6.45) is 3.85. The van der Waals surface area contributed by atoms with Crippen LogP contribution in [-0.2, 0) is 0 Å². The Morgan fingerprint density at radius 1 is 1.25 bits per heavy atom. The molecule has 2 aliphatic rings. The molecule has 1 aliphatic carbocycles. The van der Waals surface area contributed by atoms with Gasteiger partial charge >= 0.3 is 0 Å². The fourth-order valence-electron chi connectivity index (χ4n) is 3.19. The van der Waals surface area contributed by atoms with Crippen LogP contribution in [0.5, 0.6) is 0 Å². The highest BCUT2D eigenvalue weighted by atomic mass is 16.3. The van der Waals surface area contributed by atoms with Crippen molar-refractivity contribution in [2.75, 3.05) is 26.7 Å². The number of hydrogen-bond acceptors (Lipinski definition) is 2. The smallest absolute Gasteiger partial charge is 0.0433 e. The zero-order valence-electron chi connectivity index (χ0n) is 7.87. The van der Waals surface area contributed by atoms with Crippen LogP contribution in [0.3, 0.4) is 0 Å². The fourth-order valence-corrected chi connectivity index (χ4v) is 3.19. The summed E-state index contributed by atoms with van der Waals surface area (Å²) in [5.74, 6) is 2.62. The summed E-state index contributed by atoms with van der Waals surface area (Å²) >= 11 is 0. The molecule has 1 saturated heterocycles. The van der Waals surface area contributed by atoms with Gasteiger partial charge in [-0.2, -0.15) is 0 Å². The van der Waals surface area contributed by atoms with E-state index in [2.05, 4.69) is 11.9 Å². The number of aliphatic hydroxyl groups is 1. The summed E-state index contributed by atoms with van der Waals surface area (Å²) in [5.41, 5.74) is 0. The number of piperidine rings is 1. The lowest BCUT2D eigenvalue weighted by Gasteiger charge is -2.35. The maximum Gasteiger partial charge on any atom is 0.0433 e. The third-order valence-corrected chi connectivity index (χ3v) is 3.67. The van der Waals surface area contributed by atoms with Gasteiger partial charge in [0, 0.05) is 19.7 Å². The zero-order chi connectivity index (χ0) is 8.55. The first-order chi connectivity index (χ1) is 5.81. The summed E-state index contributed by atoms with van der Waals surface area (Å²) in [6, 6.07) is 0. The molecule has 2 heteroatoms. The van der Waals surface area contributed by atoms with E-state index in [0.717, 1.165) is 24.2 Å². The average molecular weight is 169 g/mol. The van der Waals surface area contributed by atoms with Gasteiger partial charge < -0.3 is 10.0 Å². The van der Waals surface area contributed by atoms with Gasteiger partial charge in [-0.15, -0.1) is 0 Å². The van der Waals surface area contributed by atoms with Crippen molar-refractivity contribution in [1.29, 1.82) is 0 Å². The molecule has 1 unspecified atom stereocenters. The molecule has 0 aromatic carbocycles. The number of fused-ring (bicyclic) bond motifs is 2. The molecule has 2 fully saturated rings. The standard InChI is InChI=1S/C10H19NO/c1-11-6-8-2-3-9(7-11)10(8)4-5-12/h8-10,12H,2-7H2,1H3/t8-,9+,10?. The van der Waals surface area contributed by atoms with E-state index in [-0.39, 0.29) is 0 Å². The van der Waals surface area contributed by atoms with Crippen LogP contribution in [0.25, 0.3) is 0 Å². The second-order valence-electron chi connectivity index (χ2n) is 4.49. The van der Waals surface area contributed by atoms with Gasteiger partial charge in [0.15, 0.2) is 0 Å². The molecule has 0 amide bonds. The highest BCUT2D eigenvalue weighted by molar-refractivity contribution is 4.91. The molecule has 0 spiro atoms. The molecular weight excluding hydrogens is 150 g/mol. The Kier molecular flexibility index (Phi) is 2.37. The van der Waals surface area contributed by atoms with Crippen LogP contribution in [0, 0.1) is 17.8 Å². The predicted molar refractivity (Wildman–Crippen MR) is 48.9 cm³/mol. The van der Waals surface area contributed by atoms with Gasteiger partial charge in [-0.05, 0) is 44.1 Å². The van der Waals surface area contributed by atoms with Crippen LogP contribution in [0.15, 0.2) is 0 Å². The van der Waals surface area contributed by atoms with Gasteiger partial charge in [0.1, 0.15) is 0 Å². The van der Waals surface area contributed by atoms with Crippen molar-refractivity contribution in [3.05, 3.63) is 0 Å². The van der Waals surface area contributed by atoms with E-state index >= 15 is 0 Å². The minimum Gasteiger partial charge on any atom is -0.396 e. The SMILES string of the molecule is CN1C[C@H]2CC[C@@H](C1)C2CCO. The van der Waals surface area contributed by atoms with Crippen molar-refractivity contribution >= 4 is 0 Å². The fraction of sp³-hybridized carbons (Fsp3) is 1.00. The molecule has 2 bridgehead atoms. The first kappa shape index (κ1) is 8.52. The van der Waals surface area contributed by atoms with Gasteiger partial charge in [-0.25, -0.2) is 0 Å². The lowest BCUT2D eigenvalue weighted by molar-refractivity contribution is 0.108. The minimum atomic E-state index is 0.390. The Labute approximate surface area is 74.6 Å². The largest absolute Gasteiger partial charge is 0.396 e. The Morgan fingerprint density at radius 2 is 1.83 bits per heavy atom. The highest BCUT2D eigenvalue weighted by Crippen LogP contribution is 2.42. The van der Waals surface area contributed by atoms with Crippen LogP contribution in [0.4, 0.5) is 0 Å². The number of hydrogen-bond donors (Lipinski definition) is 1. The van der Waals surface area contributed by atoms with Crippen molar-refractivity contribution in [2.45, 2.75) is 19.3 Å². The van der Waals surface area contributed by atoms with Crippen LogP contribution < -0.4 is 0 Å². The van der Waals surface area contributed by atoms with E-state index in [9.17, 15) is 0 Å². The Morgan fingerprint density at radius 3 is 2.33 bits per heavy atom. The third-order valence-electron chi connectivity index (χ3n) is 3.67. The van der Waals surface area contributed by atoms with E-state index in [1.165, 1.54) is 25.9 Å². The summed E-state index contributed by atoms with van der Waals surface area (Å²) in [4.78, 5) is 2.45. The van der Waals surface area contributed by atoms with Crippen LogP contribution in [0.1, 0.15) is 19.3 Å². The first-order valence-corrected chi connectivity index (χ1v) is 5.10. The van der Waals surface area contributed by atoms with E-state index in [1.54, 1.807) is 0 Å². The van der Waals surface area contributed by atoms with Crippen molar-refractivity contribution in [3.63, 3.8) is 0 Å². The number of likely N-dealkylation sites (tertiary alicyclic amines) is 1. The van der Waals surface area contributed by atoms with Crippen molar-refractivity contribution in [2.24, 2.45) is 17.8 Å². The number of aliphatic hydroxyl groups excluding tert-OH is 1. The second-order valence-corrected chi connectivity index (χ2v) is 4.49. The van der Waals surface area contributed by atoms with Gasteiger partial charge in [0.2, 0.25) is 0 Å². The van der Waals surface area contributed by atoms with Gasteiger partial charge in [0.25, 0.3) is 0 Å². The lowest BCUT2D eigenvalue weighted by Crippen LogP contribution is -2.39. The molecule has 2 nitrogen and oxygen atoms in total. The maximum absolute atomic E-state index is 8.93. The molecule has 2 rings (SSSR count). The average Bonchev–Trinajstić information content (AvgIpc) is 2.32. The summed E-state index contributed by atoms with van der Waals surface area (Å²) in [6.45, 7) is 2.92. The van der Waals surface area contributed by atoms with E-state index in [0.29, 0.717) is 6.61 Å². The molecular formula is C10H19NO. The quantitative estimate of drug-likeness (QED) is 0.665. The molecule has 3 atom stereocenters. The molecule has 70 valence electrons. The molecule has 1 aliphatic heterocycles. The summed E-state index contributed by atoms with van der Waals surface area (Å²) in [7, 11) is 2.22. The topological polar surface area (TPSA) is 23.5 Å². The van der Waals surface area contributed by atoms with Gasteiger partial charge in [-0.3, -0.25) is 0 Å². The second kappa shape index (κ2) is 3.35. The molecule has 1 saturated carbocycles. The van der Waals surface area contributed by atoms with Gasteiger partial charge in [-0.1, -0.05) is 0 Å². The number of rotatable bonds is 2. The van der Waals surface area contributed by atoms with Crippen LogP contribution in [-0.4, -0.2) is 36.8 Å². The van der Waals surface area contributed by atoms with Crippen LogP contribution >= 0.6 is 0 Å². The molecule has 12 heavy (non-hydrogen) atoms.